The van der Waals surface area contributed by atoms with Crippen molar-refractivity contribution in [2.45, 2.75) is 32.2 Å². The number of aliphatic imine (C=N–C) groups is 1. The molecule has 1 amide bonds. The summed E-state index contributed by atoms with van der Waals surface area (Å²) in [5.74, 6) is 1.87. The van der Waals surface area contributed by atoms with E-state index in [2.05, 4.69) is 39.9 Å². The van der Waals surface area contributed by atoms with E-state index in [1.165, 1.54) is 5.56 Å². The van der Waals surface area contributed by atoms with Gasteiger partial charge in [-0.3, -0.25) is 9.79 Å². The maximum Gasteiger partial charge on any atom is 0.226 e. The molecule has 1 aliphatic rings. The van der Waals surface area contributed by atoms with Gasteiger partial charge in [0.2, 0.25) is 5.91 Å². The lowest BCUT2D eigenvalue weighted by Crippen LogP contribution is -2.38. The second-order valence-electron chi connectivity index (χ2n) is 7.12. The van der Waals surface area contributed by atoms with Crippen LogP contribution < -0.4 is 20.3 Å². The van der Waals surface area contributed by atoms with Gasteiger partial charge in [-0.1, -0.05) is 24.3 Å². The second-order valence-corrected chi connectivity index (χ2v) is 7.12. The van der Waals surface area contributed by atoms with Crippen LogP contribution in [0.4, 0.5) is 5.69 Å². The molecule has 0 atom stereocenters. The average Bonchev–Trinajstić information content (AvgIpc) is 2.77. The Morgan fingerprint density at radius 3 is 2.41 bits per heavy atom. The largest absolute Gasteiger partial charge is 0.497 e. The molecule has 2 aromatic rings. The first-order chi connectivity index (χ1) is 14.2. The number of carbonyl (C=O) groups is 1. The number of ether oxygens (including phenoxy) is 1. The van der Waals surface area contributed by atoms with Gasteiger partial charge in [-0.25, -0.2) is 0 Å². The molecule has 0 saturated carbocycles. The summed E-state index contributed by atoms with van der Waals surface area (Å²) in [6.45, 7) is 2.29. The van der Waals surface area contributed by atoms with Crippen LogP contribution in [0.1, 0.15) is 30.4 Å². The molecule has 1 aliphatic heterocycles. The second kappa shape index (κ2) is 10.5. The highest BCUT2D eigenvalue weighted by atomic mass is 16.5. The van der Waals surface area contributed by atoms with E-state index >= 15 is 0 Å². The van der Waals surface area contributed by atoms with Crippen LogP contribution in [0.2, 0.25) is 0 Å². The third-order valence-corrected chi connectivity index (χ3v) is 5.12. The molecule has 6 heteroatoms. The maximum atomic E-state index is 12.1. The molecule has 0 unspecified atom stereocenters. The molecule has 0 bridgehead atoms. The Bertz CT molecular complexity index is 816. The Morgan fingerprint density at radius 1 is 1.03 bits per heavy atom. The third kappa shape index (κ3) is 5.98. The Kier molecular flexibility index (Phi) is 7.50. The molecule has 1 saturated heterocycles. The molecule has 29 heavy (non-hydrogen) atoms. The number of nitrogens with one attached hydrogen (secondary N) is 2. The van der Waals surface area contributed by atoms with Crippen molar-refractivity contribution < 1.29 is 9.53 Å². The summed E-state index contributed by atoms with van der Waals surface area (Å²) in [7, 11) is 3.45. The summed E-state index contributed by atoms with van der Waals surface area (Å²) in [6.07, 6.45) is 3.64. The third-order valence-electron chi connectivity index (χ3n) is 5.12. The predicted molar refractivity (Wildman–Crippen MR) is 118 cm³/mol. The standard InChI is InChI=1S/C23H30N4O2/c1-24-23(25-15-14-18-8-12-21(29-2)13-9-18)26-17-19-6-10-20(11-7-19)27-16-4-3-5-22(27)28/h6-13H,3-5,14-17H2,1-2H3,(H2,24,25,26). The molecule has 0 aromatic heterocycles. The van der Waals surface area contributed by atoms with Crippen molar-refractivity contribution in [3.63, 3.8) is 0 Å². The first-order valence-electron chi connectivity index (χ1n) is 10.2. The van der Waals surface area contributed by atoms with E-state index in [-0.39, 0.29) is 5.91 Å². The Labute approximate surface area is 173 Å². The van der Waals surface area contributed by atoms with E-state index in [0.29, 0.717) is 13.0 Å². The van der Waals surface area contributed by atoms with E-state index < -0.39 is 0 Å². The highest BCUT2D eigenvalue weighted by molar-refractivity contribution is 5.93. The zero-order valence-corrected chi connectivity index (χ0v) is 17.3. The summed E-state index contributed by atoms with van der Waals surface area (Å²) in [4.78, 5) is 18.2. The maximum absolute atomic E-state index is 12.1. The minimum atomic E-state index is 0.226. The van der Waals surface area contributed by atoms with Crippen molar-refractivity contribution in [1.29, 1.82) is 0 Å². The normalized spacial score (nSPS) is 14.6. The van der Waals surface area contributed by atoms with Gasteiger partial charge in [-0.2, -0.15) is 0 Å². The lowest BCUT2D eigenvalue weighted by Gasteiger charge is -2.26. The first-order valence-corrected chi connectivity index (χ1v) is 10.2. The van der Waals surface area contributed by atoms with Crippen LogP contribution in [0.3, 0.4) is 0 Å². The lowest BCUT2D eigenvalue weighted by molar-refractivity contribution is -0.119. The van der Waals surface area contributed by atoms with Gasteiger partial charge >= 0.3 is 0 Å². The lowest BCUT2D eigenvalue weighted by atomic mass is 10.1. The van der Waals surface area contributed by atoms with Crippen LogP contribution in [-0.4, -0.2) is 39.1 Å². The van der Waals surface area contributed by atoms with Gasteiger partial charge in [0, 0.05) is 38.8 Å². The highest BCUT2D eigenvalue weighted by Gasteiger charge is 2.19. The number of anilines is 1. The predicted octanol–water partition coefficient (Wildman–Crippen LogP) is 3.12. The van der Waals surface area contributed by atoms with Crippen molar-refractivity contribution in [1.82, 2.24) is 10.6 Å². The van der Waals surface area contributed by atoms with E-state index in [9.17, 15) is 4.79 Å². The van der Waals surface area contributed by atoms with Crippen LogP contribution in [0.15, 0.2) is 53.5 Å². The quantitative estimate of drug-likeness (QED) is 0.559. The fourth-order valence-electron chi connectivity index (χ4n) is 3.40. The molecule has 1 fully saturated rings. The number of rotatable bonds is 7. The summed E-state index contributed by atoms with van der Waals surface area (Å²) >= 11 is 0. The number of methoxy groups -OCH3 is 1. The molecule has 0 spiro atoms. The number of amides is 1. The summed E-state index contributed by atoms with van der Waals surface area (Å²) < 4.78 is 5.19. The molecule has 2 N–H and O–H groups in total. The van der Waals surface area contributed by atoms with Gasteiger partial charge < -0.3 is 20.3 Å². The minimum absolute atomic E-state index is 0.226. The first kappa shape index (κ1) is 20.7. The smallest absolute Gasteiger partial charge is 0.226 e. The zero-order valence-electron chi connectivity index (χ0n) is 17.3. The van der Waals surface area contributed by atoms with Crippen molar-refractivity contribution >= 4 is 17.6 Å². The Morgan fingerprint density at radius 2 is 1.76 bits per heavy atom. The van der Waals surface area contributed by atoms with Crippen LogP contribution in [-0.2, 0) is 17.8 Å². The van der Waals surface area contributed by atoms with E-state index in [0.717, 1.165) is 55.3 Å². The average molecular weight is 395 g/mol. The molecule has 6 nitrogen and oxygen atoms in total. The van der Waals surface area contributed by atoms with Crippen LogP contribution in [0.5, 0.6) is 5.75 Å². The summed E-state index contributed by atoms with van der Waals surface area (Å²) in [6, 6.07) is 16.3. The minimum Gasteiger partial charge on any atom is -0.497 e. The van der Waals surface area contributed by atoms with Gasteiger partial charge in [-0.05, 0) is 54.7 Å². The van der Waals surface area contributed by atoms with E-state index in [4.69, 9.17) is 4.74 Å². The summed E-state index contributed by atoms with van der Waals surface area (Å²) in [5, 5.41) is 6.68. The van der Waals surface area contributed by atoms with Crippen LogP contribution in [0.25, 0.3) is 0 Å². The van der Waals surface area contributed by atoms with Crippen LogP contribution >= 0.6 is 0 Å². The monoisotopic (exact) mass is 394 g/mol. The Balaban J connectivity index is 1.44. The van der Waals surface area contributed by atoms with E-state index in [1.54, 1.807) is 14.2 Å². The zero-order chi connectivity index (χ0) is 20.5. The van der Waals surface area contributed by atoms with E-state index in [1.807, 2.05) is 29.2 Å². The van der Waals surface area contributed by atoms with Crippen molar-refractivity contribution in [2.75, 3.05) is 32.1 Å². The highest BCUT2D eigenvalue weighted by Crippen LogP contribution is 2.21. The Hall–Kier alpha value is -3.02. The molecular weight excluding hydrogens is 364 g/mol. The summed E-state index contributed by atoms with van der Waals surface area (Å²) in [5.41, 5.74) is 3.38. The van der Waals surface area contributed by atoms with Gasteiger partial charge in [0.05, 0.1) is 7.11 Å². The fraction of sp³-hybridized carbons (Fsp3) is 0.391. The van der Waals surface area contributed by atoms with Gasteiger partial charge in [-0.15, -0.1) is 0 Å². The SMILES string of the molecule is CN=C(NCCc1ccc(OC)cc1)NCc1ccc(N2CCCCC2=O)cc1. The number of benzene rings is 2. The number of hydrogen-bond donors (Lipinski definition) is 2. The van der Waals surface area contributed by atoms with Crippen molar-refractivity contribution in [3.05, 3.63) is 59.7 Å². The molecular formula is C23H30N4O2. The molecule has 1 heterocycles. The van der Waals surface area contributed by atoms with Crippen molar-refractivity contribution in [3.8, 4) is 5.75 Å². The van der Waals surface area contributed by atoms with Crippen LogP contribution in [0, 0.1) is 0 Å². The number of hydrogen-bond acceptors (Lipinski definition) is 3. The molecule has 2 aromatic carbocycles. The van der Waals surface area contributed by atoms with Crippen molar-refractivity contribution in [2.24, 2.45) is 4.99 Å². The fourth-order valence-corrected chi connectivity index (χ4v) is 3.40. The number of piperidine rings is 1. The number of guanidine groups is 1. The van der Waals surface area contributed by atoms with Gasteiger partial charge in [0.15, 0.2) is 5.96 Å². The number of carbonyl (C=O) groups excluding carboxylic acids is 1. The molecule has 154 valence electrons. The number of nitrogens with zero attached hydrogens (tertiary/aromatic N) is 2. The molecule has 3 rings (SSSR count). The molecule has 0 radical (unpaired) electrons. The van der Waals surface area contributed by atoms with Gasteiger partial charge in [0.25, 0.3) is 0 Å². The molecule has 0 aliphatic carbocycles. The topological polar surface area (TPSA) is 66.0 Å². The van der Waals surface area contributed by atoms with Gasteiger partial charge in [0.1, 0.15) is 5.75 Å².